The quantitative estimate of drug-likeness (QED) is 0.586. The van der Waals surface area contributed by atoms with Crippen LogP contribution < -0.4 is 0 Å². The van der Waals surface area contributed by atoms with Gasteiger partial charge < -0.3 is 9.47 Å². The normalized spacial score (nSPS) is 32.8. The molecule has 0 radical (unpaired) electrons. The summed E-state index contributed by atoms with van der Waals surface area (Å²) in [6.45, 7) is 4.61. The van der Waals surface area contributed by atoms with Gasteiger partial charge in [0.05, 0.1) is 0 Å². The third-order valence-corrected chi connectivity index (χ3v) is 3.90. The first-order valence-electron chi connectivity index (χ1n) is 4.13. The maximum absolute atomic E-state index is 5.62. The van der Waals surface area contributed by atoms with Crippen molar-refractivity contribution in [3.8, 4) is 0 Å². The molecule has 0 aromatic carbocycles. The smallest absolute Gasteiger partial charge is 0.148 e. The van der Waals surface area contributed by atoms with E-state index >= 15 is 0 Å². The van der Waals surface area contributed by atoms with Crippen LogP contribution in [0.3, 0.4) is 0 Å². The second kappa shape index (κ2) is 4.04. The number of ether oxygens (including phenoxy) is 2. The van der Waals surface area contributed by atoms with Crippen molar-refractivity contribution in [2.24, 2.45) is 0 Å². The maximum Gasteiger partial charge on any atom is 0.148 e. The Bertz CT molecular complexity index is 130. The van der Waals surface area contributed by atoms with Crippen LogP contribution in [0.25, 0.3) is 0 Å². The summed E-state index contributed by atoms with van der Waals surface area (Å²) in [7, 11) is 1.33. The molecule has 1 atom stereocenters. The summed E-state index contributed by atoms with van der Waals surface area (Å²) >= 11 is 0. The van der Waals surface area contributed by atoms with Gasteiger partial charge >= 0.3 is 0 Å². The van der Waals surface area contributed by atoms with Crippen LogP contribution in [0.4, 0.5) is 0 Å². The summed E-state index contributed by atoms with van der Waals surface area (Å²) < 4.78 is 11.0. The minimum absolute atomic E-state index is 0.208. The Morgan fingerprint density at radius 3 is 2.91 bits per heavy atom. The van der Waals surface area contributed by atoms with E-state index in [1.165, 1.54) is 12.8 Å². The molecule has 64 valence electrons. The molecule has 0 saturated carbocycles. The summed E-state index contributed by atoms with van der Waals surface area (Å²) in [5.41, 5.74) is 1.79. The van der Waals surface area contributed by atoms with Crippen molar-refractivity contribution in [2.75, 3.05) is 13.7 Å². The Kier molecular flexibility index (Phi) is 3.30. The summed E-state index contributed by atoms with van der Waals surface area (Å²) in [4.78, 5) is 0. The molecular weight excluding hydrogens is 156 g/mol. The van der Waals surface area contributed by atoms with Crippen LogP contribution in [-0.2, 0) is 9.47 Å². The highest BCUT2D eigenvalue weighted by Gasteiger charge is 2.31. The van der Waals surface area contributed by atoms with E-state index in [0.29, 0.717) is 0 Å². The third kappa shape index (κ3) is 2.15. The van der Waals surface area contributed by atoms with E-state index in [2.05, 4.69) is 6.58 Å². The Morgan fingerprint density at radius 2 is 2.45 bits per heavy atom. The molecule has 0 aliphatic carbocycles. The Morgan fingerprint density at radius 1 is 1.64 bits per heavy atom. The van der Waals surface area contributed by atoms with Gasteiger partial charge in [0.2, 0.25) is 0 Å². The summed E-state index contributed by atoms with van der Waals surface area (Å²) in [5.74, 6) is 0. The lowest BCUT2D eigenvalue weighted by atomic mass is 10.2. The van der Waals surface area contributed by atoms with E-state index in [-0.39, 0.29) is 5.41 Å². The van der Waals surface area contributed by atoms with Crippen LogP contribution in [0.1, 0.15) is 19.3 Å². The van der Waals surface area contributed by atoms with Crippen molar-refractivity contribution in [1.82, 2.24) is 0 Å². The van der Waals surface area contributed by atoms with Crippen molar-refractivity contribution in [1.29, 1.82) is 0 Å². The zero-order valence-corrected chi connectivity index (χ0v) is 8.55. The van der Waals surface area contributed by atoms with E-state index in [1.807, 2.05) is 5.70 Å². The monoisotopic (exact) mass is 172 g/mol. The maximum atomic E-state index is 5.62. The van der Waals surface area contributed by atoms with Crippen LogP contribution in [0.2, 0.25) is 0 Å². The van der Waals surface area contributed by atoms with Crippen molar-refractivity contribution >= 4 is 9.52 Å². The van der Waals surface area contributed by atoms with Gasteiger partial charge in [-0.05, 0) is 19.3 Å². The second-order valence-electron chi connectivity index (χ2n) is 2.91. The average Bonchev–Trinajstić information content (AvgIpc) is 2.07. The SMILES string of the molecule is C=C[SiH2]C1(OC)CCCCO1. The molecule has 1 saturated heterocycles. The lowest BCUT2D eigenvalue weighted by Gasteiger charge is -2.35. The molecule has 0 bridgehead atoms. The minimum atomic E-state index is -0.411. The van der Waals surface area contributed by atoms with E-state index in [1.54, 1.807) is 7.11 Å². The predicted octanol–water partition coefficient (Wildman–Crippen LogP) is 0.799. The van der Waals surface area contributed by atoms with Crippen LogP contribution in [0.15, 0.2) is 12.3 Å². The molecule has 1 unspecified atom stereocenters. The van der Waals surface area contributed by atoms with Gasteiger partial charge in [0.25, 0.3) is 0 Å². The Hall–Kier alpha value is -0.123. The topological polar surface area (TPSA) is 18.5 Å². The van der Waals surface area contributed by atoms with Gasteiger partial charge in [-0.25, -0.2) is 0 Å². The molecule has 11 heavy (non-hydrogen) atoms. The van der Waals surface area contributed by atoms with E-state index in [4.69, 9.17) is 9.47 Å². The van der Waals surface area contributed by atoms with Gasteiger partial charge in [-0.1, -0.05) is 0 Å². The van der Waals surface area contributed by atoms with Gasteiger partial charge in [-0.2, -0.15) is 0 Å². The molecule has 3 heteroatoms. The fourth-order valence-corrected chi connectivity index (χ4v) is 2.77. The van der Waals surface area contributed by atoms with Gasteiger partial charge in [-0.15, -0.1) is 12.3 Å². The van der Waals surface area contributed by atoms with Crippen LogP contribution in [0, 0.1) is 0 Å². The van der Waals surface area contributed by atoms with Crippen molar-refractivity contribution in [3.05, 3.63) is 12.3 Å². The largest absolute Gasteiger partial charge is 0.357 e. The molecule has 0 aromatic rings. The highest BCUT2D eigenvalue weighted by Crippen LogP contribution is 2.24. The Balaban J connectivity index is 2.49. The lowest BCUT2D eigenvalue weighted by Crippen LogP contribution is -2.43. The van der Waals surface area contributed by atoms with Crippen LogP contribution in [-0.4, -0.2) is 28.6 Å². The van der Waals surface area contributed by atoms with Crippen molar-refractivity contribution in [3.63, 3.8) is 0 Å². The second-order valence-corrected chi connectivity index (χ2v) is 4.98. The predicted molar refractivity (Wildman–Crippen MR) is 48.3 cm³/mol. The Labute approximate surface area is 70.4 Å². The molecule has 1 fully saturated rings. The molecule has 0 spiro atoms. The van der Waals surface area contributed by atoms with Crippen molar-refractivity contribution < 1.29 is 9.47 Å². The molecule has 0 aromatic heterocycles. The molecule has 1 rings (SSSR count). The zero-order chi connectivity index (χ0) is 8.16. The van der Waals surface area contributed by atoms with Crippen molar-refractivity contribution in [2.45, 2.75) is 24.7 Å². The van der Waals surface area contributed by atoms with Gasteiger partial charge in [0.15, 0.2) is 0 Å². The minimum Gasteiger partial charge on any atom is -0.357 e. The first-order chi connectivity index (χ1) is 5.33. The van der Waals surface area contributed by atoms with E-state index in [0.717, 1.165) is 13.0 Å². The summed E-state index contributed by atoms with van der Waals surface area (Å²) in [6.07, 6.45) is 3.47. The van der Waals surface area contributed by atoms with Crippen LogP contribution in [0.5, 0.6) is 0 Å². The number of methoxy groups -OCH3 is 1. The zero-order valence-electron chi connectivity index (χ0n) is 7.14. The fraction of sp³-hybridized carbons (Fsp3) is 0.750. The first-order valence-corrected chi connectivity index (χ1v) is 5.65. The fourth-order valence-electron chi connectivity index (χ4n) is 1.45. The average molecular weight is 172 g/mol. The van der Waals surface area contributed by atoms with Crippen LogP contribution >= 0.6 is 0 Å². The van der Waals surface area contributed by atoms with E-state index in [9.17, 15) is 0 Å². The molecule has 2 nitrogen and oxygen atoms in total. The molecular formula is C8H16O2Si. The highest BCUT2D eigenvalue weighted by atomic mass is 28.2. The van der Waals surface area contributed by atoms with E-state index < -0.39 is 9.52 Å². The molecule has 1 aliphatic heterocycles. The van der Waals surface area contributed by atoms with Gasteiger partial charge in [0.1, 0.15) is 14.9 Å². The molecule has 0 N–H and O–H groups in total. The molecule has 0 amide bonds. The van der Waals surface area contributed by atoms with Gasteiger partial charge in [-0.3, -0.25) is 0 Å². The third-order valence-electron chi connectivity index (χ3n) is 2.14. The molecule has 1 aliphatic rings. The number of rotatable bonds is 3. The number of hydrogen-bond acceptors (Lipinski definition) is 2. The first kappa shape index (κ1) is 8.97. The lowest BCUT2D eigenvalue weighted by molar-refractivity contribution is -0.184. The highest BCUT2D eigenvalue weighted by molar-refractivity contribution is 6.45. The number of hydrogen-bond donors (Lipinski definition) is 0. The van der Waals surface area contributed by atoms with Gasteiger partial charge in [0, 0.05) is 13.7 Å². The standard InChI is InChI=1S/C8H16O2Si/c1-3-11-8(9-2)6-4-5-7-10-8/h3H,1,4-7,11H2,2H3. The summed E-state index contributed by atoms with van der Waals surface area (Å²) in [5, 5.41) is 0. The summed E-state index contributed by atoms with van der Waals surface area (Å²) in [6, 6.07) is 0. The molecule has 1 heterocycles.